The summed E-state index contributed by atoms with van der Waals surface area (Å²) in [6.07, 6.45) is -6.10. The maximum absolute atomic E-state index is 14.4. The van der Waals surface area contributed by atoms with Crippen molar-refractivity contribution in [3.63, 3.8) is 0 Å². The van der Waals surface area contributed by atoms with E-state index >= 15 is 0 Å². The second kappa shape index (κ2) is 16.7. The van der Waals surface area contributed by atoms with Crippen LogP contribution in [0.3, 0.4) is 0 Å². The van der Waals surface area contributed by atoms with E-state index in [9.17, 15) is 35.9 Å². The molecule has 0 saturated carbocycles. The lowest BCUT2D eigenvalue weighted by molar-refractivity contribution is -0.138. The van der Waals surface area contributed by atoms with Crippen LogP contribution in [0.15, 0.2) is 163 Å². The van der Waals surface area contributed by atoms with Gasteiger partial charge in [-0.3, -0.25) is 19.4 Å². The summed E-state index contributed by atoms with van der Waals surface area (Å²) in [5, 5.41) is 1.59. The van der Waals surface area contributed by atoms with Crippen LogP contribution in [-0.4, -0.2) is 21.5 Å². The Balaban J connectivity index is 1.33. The smallest absolute Gasteiger partial charge is 0.288 e. The Morgan fingerprint density at radius 1 is 0.493 bits per heavy atom. The number of para-hydroxylation sites is 3. The Hall–Kier alpha value is -7.86. The van der Waals surface area contributed by atoms with E-state index in [0.29, 0.717) is 56.2 Å². The molecule has 0 fully saturated rings. The largest absolute Gasteiger partial charge is 0.416 e. The molecule has 344 valence electrons. The number of carbonyl (C=O) groups is 2. The lowest BCUT2D eigenvalue weighted by Gasteiger charge is -2.32. The van der Waals surface area contributed by atoms with Gasteiger partial charge in [-0.15, -0.1) is 0 Å². The van der Waals surface area contributed by atoms with Gasteiger partial charge >= 0.3 is 12.4 Å². The van der Waals surface area contributed by atoms with Crippen molar-refractivity contribution in [2.45, 2.75) is 58.8 Å². The molecule has 0 saturated heterocycles. The predicted molar refractivity (Wildman–Crippen MR) is 259 cm³/mol. The Labute approximate surface area is 393 Å². The summed E-state index contributed by atoms with van der Waals surface area (Å²) in [6, 6.07) is 37.3. The van der Waals surface area contributed by atoms with Gasteiger partial charge in [-0.05, 0) is 130 Å². The minimum absolute atomic E-state index is 0.0457. The Kier molecular flexibility index (Phi) is 10.9. The van der Waals surface area contributed by atoms with Gasteiger partial charge in [0.15, 0.2) is 23.2 Å². The topological polar surface area (TPSA) is 66.4 Å². The van der Waals surface area contributed by atoms with Crippen molar-refractivity contribution in [2.24, 2.45) is 0 Å². The molecule has 0 atom stereocenters. The molecule has 0 radical (unpaired) electrons. The fourth-order valence-corrected chi connectivity index (χ4v) is 9.41. The first-order valence-electron chi connectivity index (χ1n) is 22.4. The zero-order valence-corrected chi connectivity index (χ0v) is 38.0. The number of nitrogens with zero attached hydrogens (tertiary/aromatic N) is 4. The maximum Gasteiger partial charge on any atom is 0.416 e. The fraction of sp³-hybridized carbons (Fsp3) is 0.158. The highest BCUT2D eigenvalue weighted by molar-refractivity contribution is 6.40. The van der Waals surface area contributed by atoms with Gasteiger partial charge in [0.05, 0.1) is 39.1 Å². The third kappa shape index (κ3) is 7.83. The van der Waals surface area contributed by atoms with Crippen LogP contribution in [0.25, 0.3) is 44.1 Å². The van der Waals surface area contributed by atoms with Crippen molar-refractivity contribution < 1.29 is 35.9 Å². The first kappa shape index (κ1) is 44.9. The molecule has 69 heavy (non-hydrogen) atoms. The van der Waals surface area contributed by atoms with Crippen molar-refractivity contribution >= 4 is 56.4 Å². The second-order valence-electron chi connectivity index (χ2n) is 18.0. The lowest BCUT2D eigenvalue weighted by Crippen LogP contribution is -2.25. The van der Waals surface area contributed by atoms with Gasteiger partial charge in [0, 0.05) is 22.3 Å². The molecule has 0 bridgehead atoms. The number of carbonyl (C=O) groups excluding carboxylic acids is 2. The quantitative estimate of drug-likeness (QED) is 0.0901. The number of ketones is 2. The number of alkyl halides is 6. The summed E-state index contributed by atoms with van der Waals surface area (Å²) in [5.41, 5.74) is 5.00. The minimum Gasteiger partial charge on any atom is -0.288 e. The molecule has 6 nitrogen and oxygen atoms in total. The molecule has 0 spiro atoms. The summed E-state index contributed by atoms with van der Waals surface area (Å²) in [5.74, 6) is -0.0320. The average molecular weight is 929 g/mol. The monoisotopic (exact) mass is 928 g/mol. The molecular weight excluding hydrogens is 887 g/mol. The third-order valence-electron chi connectivity index (χ3n) is 12.8. The highest BCUT2D eigenvalue weighted by atomic mass is 19.4. The van der Waals surface area contributed by atoms with Crippen LogP contribution in [0.2, 0.25) is 0 Å². The van der Waals surface area contributed by atoms with Gasteiger partial charge < -0.3 is 0 Å². The second-order valence-corrected chi connectivity index (χ2v) is 18.0. The number of benzene rings is 7. The molecule has 0 N–H and O–H groups in total. The van der Waals surface area contributed by atoms with Crippen LogP contribution in [0, 0.1) is 6.92 Å². The zero-order valence-electron chi connectivity index (χ0n) is 38.0. The Morgan fingerprint density at radius 2 is 0.913 bits per heavy atom. The minimum atomic E-state index is -4.63. The van der Waals surface area contributed by atoms with Gasteiger partial charge in [-0.25, -0.2) is 9.97 Å². The summed E-state index contributed by atoms with van der Waals surface area (Å²) in [6.45, 7) is 10.1. The number of allylic oxidation sites excluding steroid dienone is 3. The Morgan fingerprint density at radius 3 is 1.33 bits per heavy atom. The van der Waals surface area contributed by atoms with E-state index in [4.69, 9.17) is 9.97 Å². The number of aromatic nitrogens is 2. The number of Topliss-reactive ketones (excluding diaryl/α,β-unsaturated/α-hetero) is 2. The van der Waals surface area contributed by atoms with E-state index in [2.05, 4.69) is 27.7 Å². The molecule has 0 amide bonds. The summed E-state index contributed by atoms with van der Waals surface area (Å²) in [4.78, 5) is 43.1. The third-order valence-corrected chi connectivity index (χ3v) is 12.8. The van der Waals surface area contributed by atoms with Gasteiger partial charge in [-0.2, -0.15) is 26.3 Å². The number of halogens is 6. The fourth-order valence-electron chi connectivity index (χ4n) is 9.41. The zero-order chi connectivity index (χ0) is 48.7. The molecule has 12 heteroatoms. The van der Waals surface area contributed by atoms with Crippen molar-refractivity contribution in [3.05, 3.63) is 202 Å². The molecular formula is C57H42F6N4O2. The molecule has 10 rings (SSSR count). The lowest BCUT2D eigenvalue weighted by atomic mass is 9.91. The van der Waals surface area contributed by atoms with E-state index in [1.165, 1.54) is 30.3 Å². The van der Waals surface area contributed by atoms with Crippen LogP contribution in [0.5, 0.6) is 0 Å². The number of rotatable bonds is 7. The standard InChI is InChI=1S/C57H42F6N4O2/c1-31(2)40-13-10-14-41(32(3)4)50(40)66-49(26-25-42-52(68)45-29-36-11-6-7-12-37(36)30-46(45)53(42)69)67(55-54(66)64-47-15-8-9-16-48(47)65-55)51-43(34-17-21-38(22-18-34)56(58,59)60)27-33(5)28-44(51)35-19-23-39(24-20-35)57(61,62)63/h6-32H,1-5H3/b49-26+. The highest BCUT2D eigenvalue weighted by Crippen LogP contribution is 2.56. The molecule has 2 heterocycles. The number of hydrogen-bond acceptors (Lipinski definition) is 6. The van der Waals surface area contributed by atoms with Crippen LogP contribution in [0.4, 0.5) is 49.4 Å². The van der Waals surface area contributed by atoms with Crippen molar-refractivity contribution in [2.75, 3.05) is 9.80 Å². The highest BCUT2D eigenvalue weighted by Gasteiger charge is 2.42. The van der Waals surface area contributed by atoms with Crippen LogP contribution < -0.4 is 9.80 Å². The van der Waals surface area contributed by atoms with E-state index < -0.39 is 35.0 Å². The van der Waals surface area contributed by atoms with Crippen LogP contribution in [-0.2, 0) is 12.4 Å². The first-order chi connectivity index (χ1) is 32.9. The van der Waals surface area contributed by atoms with E-state index in [1.807, 2.05) is 77.7 Å². The summed E-state index contributed by atoms with van der Waals surface area (Å²) >= 11 is 0. The van der Waals surface area contributed by atoms with Crippen molar-refractivity contribution in [3.8, 4) is 22.3 Å². The van der Waals surface area contributed by atoms with Gasteiger partial charge in [0.1, 0.15) is 5.82 Å². The molecule has 1 aliphatic heterocycles. The van der Waals surface area contributed by atoms with Crippen LogP contribution >= 0.6 is 0 Å². The molecule has 7 aromatic carbocycles. The summed E-state index contributed by atoms with van der Waals surface area (Å²) in [7, 11) is 0. The number of hydrogen-bond donors (Lipinski definition) is 0. The normalized spacial score (nSPS) is 14.6. The predicted octanol–water partition coefficient (Wildman–Crippen LogP) is 15.8. The van der Waals surface area contributed by atoms with Gasteiger partial charge in [0.2, 0.25) is 0 Å². The molecule has 8 aromatic rings. The number of anilines is 4. The van der Waals surface area contributed by atoms with E-state index in [1.54, 1.807) is 36.1 Å². The van der Waals surface area contributed by atoms with Crippen molar-refractivity contribution in [1.82, 2.24) is 9.97 Å². The molecule has 1 aliphatic carbocycles. The first-order valence-corrected chi connectivity index (χ1v) is 22.4. The number of aryl methyl sites for hydroxylation is 1. The van der Waals surface area contributed by atoms with E-state index in [0.717, 1.165) is 51.9 Å². The number of fused-ring (bicyclic) bond motifs is 4. The summed E-state index contributed by atoms with van der Waals surface area (Å²) < 4.78 is 84.6. The average Bonchev–Trinajstić information content (AvgIpc) is 3.75. The van der Waals surface area contributed by atoms with E-state index in [-0.39, 0.29) is 34.4 Å². The Bertz CT molecular complexity index is 3320. The SMILES string of the molecule is Cc1cc(-c2ccc(C(F)(F)F)cc2)c(N2/C(=C/C=C3C(=O)c4cc5ccccc5cc4C3=O)N(c3c(C(C)C)cccc3C(C)C)c3nc4ccccc4nc32)c(-c2ccc(C(F)(F)F)cc2)c1. The van der Waals surface area contributed by atoms with Crippen LogP contribution in [0.1, 0.15) is 88.1 Å². The van der Waals surface area contributed by atoms with Gasteiger partial charge in [0.25, 0.3) is 0 Å². The molecule has 2 aliphatic rings. The van der Waals surface area contributed by atoms with Crippen molar-refractivity contribution in [1.29, 1.82) is 0 Å². The van der Waals surface area contributed by atoms with Gasteiger partial charge in [-0.1, -0.05) is 107 Å². The molecule has 0 unspecified atom stereocenters. The molecule has 1 aromatic heterocycles. The maximum atomic E-state index is 14.4.